The minimum atomic E-state index is -0.931. The third-order valence-corrected chi connectivity index (χ3v) is 6.27. The van der Waals surface area contributed by atoms with Crippen molar-refractivity contribution in [3.8, 4) is 28.2 Å². The van der Waals surface area contributed by atoms with Crippen LogP contribution in [0.15, 0.2) is 73.1 Å². The summed E-state index contributed by atoms with van der Waals surface area (Å²) in [6, 6.07) is 19.5. The van der Waals surface area contributed by atoms with Crippen LogP contribution in [0, 0.1) is 6.92 Å². The summed E-state index contributed by atoms with van der Waals surface area (Å²) < 4.78 is 4.22. The number of aryl methyl sites for hydroxylation is 2. The summed E-state index contributed by atoms with van der Waals surface area (Å²) in [5.41, 5.74) is 6.88. The maximum atomic E-state index is 11.9. The van der Waals surface area contributed by atoms with Crippen LogP contribution >= 0.6 is 0 Å². The molecule has 0 fully saturated rings. The Morgan fingerprint density at radius 3 is 2.56 bits per heavy atom. The lowest BCUT2D eigenvalue weighted by Crippen LogP contribution is -2.05. The number of rotatable bonds is 6. The molecule has 0 saturated heterocycles. The van der Waals surface area contributed by atoms with E-state index < -0.39 is 5.97 Å². The number of aromatic carboxylic acids is 1. The normalized spacial score (nSPS) is 11.3. The highest BCUT2D eigenvalue weighted by molar-refractivity contribution is 5.97. The van der Waals surface area contributed by atoms with E-state index in [0.29, 0.717) is 11.1 Å². The van der Waals surface area contributed by atoms with E-state index in [4.69, 9.17) is 4.98 Å². The average molecular weight is 451 g/mol. The molecule has 0 spiro atoms. The van der Waals surface area contributed by atoms with Gasteiger partial charge in [0.05, 0.1) is 22.3 Å². The molecule has 0 amide bonds. The molecule has 0 saturated carbocycles. The highest BCUT2D eigenvalue weighted by atomic mass is 16.4. The van der Waals surface area contributed by atoms with E-state index in [2.05, 4.69) is 34.7 Å². The fourth-order valence-corrected chi connectivity index (χ4v) is 4.63. The monoisotopic (exact) mass is 450 g/mol. The zero-order valence-electron chi connectivity index (χ0n) is 19.5. The molecule has 5 rings (SSSR count). The summed E-state index contributed by atoms with van der Waals surface area (Å²) in [6.07, 6.45) is 5.54. The minimum Gasteiger partial charge on any atom is -0.478 e. The van der Waals surface area contributed by atoms with E-state index in [1.165, 1.54) is 0 Å². The third-order valence-electron chi connectivity index (χ3n) is 6.27. The molecule has 0 aliphatic rings. The number of carbonyl (C=O) groups is 1. The van der Waals surface area contributed by atoms with E-state index in [0.717, 1.165) is 57.9 Å². The molecule has 170 valence electrons. The van der Waals surface area contributed by atoms with Crippen molar-refractivity contribution in [3.05, 3.63) is 90.0 Å². The summed E-state index contributed by atoms with van der Waals surface area (Å²) in [6.45, 7) is 4.20. The summed E-state index contributed by atoms with van der Waals surface area (Å²) >= 11 is 0. The van der Waals surface area contributed by atoms with E-state index in [1.54, 1.807) is 18.3 Å². The van der Waals surface area contributed by atoms with Crippen LogP contribution in [0.3, 0.4) is 0 Å². The van der Waals surface area contributed by atoms with Crippen molar-refractivity contribution in [3.63, 3.8) is 0 Å². The smallest absolute Gasteiger partial charge is 0.336 e. The number of aromatic nitrogens is 4. The van der Waals surface area contributed by atoms with Gasteiger partial charge in [0.25, 0.3) is 0 Å². The Morgan fingerprint density at radius 1 is 1.03 bits per heavy atom. The van der Waals surface area contributed by atoms with E-state index >= 15 is 0 Å². The summed E-state index contributed by atoms with van der Waals surface area (Å²) in [4.78, 5) is 21.4. The first-order valence-corrected chi connectivity index (χ1v) is 11.4. The second-order valence-electron chi connectivity index (χ2n) is 8.48. The van der Waals surface area contributed by atoms with Crippen molar-refractivity contribution in [2.24, 2.45) is 7.05 Å². The van der Waals surface area contributed by atoms with E-state index in [9.17, 15) is 9.90 Å². The fraction of sp³-hybridized carbons (Fsp3) is 0.179. The van der Waals surface area contributed by atoms with Crippen molar-refractivity contribution in [1.82, 2.24) is 19.1 Å². The highest BCUT2D eigenvalue weighted by Gasteiger charge is 2.19. The Hall–Kier alpha value is -4.19. The molecule has 0 aliphatic carbocycles. The first-order chi connectivity index (χ1) is 16.5. The van der Waals surface area contributed by atoms with Gasteiger partial charge in [-0.1, -0.05) is 37.3 Å². The summed E-state index contributed by atoms with van der Waals surface area (Å²) in [5.74, 6) is 0.952. The molecule has 3 aromatic carbocycles. The molecule has 1 N–H and O–H groups in total. The molecule has 2 aromatic heterocycles. The van der Waals surface area contributed by atoms with Gasteiger partial charge >= 0.3 is 5.97 Å². The molecular formula is C28H26N4O2. The van der Waals surface area contributed by atoms with Gasteiger partial charge in [-0.2, -0.15) is 0 Å². The Balaban J connectivity index is 1.76. The maximum absolute atomic E-state index is 11.9. The third kappa shape index (κ3) is 3.57. The molecule has 34 heavy (non-hydrogen) atoms. The minimum absolute atomic E-state index is 0.295. The highest BCUT2D eigenvalue weighted by Crippen LogP contribution is 2.34. The first kappa shape index (κ1) is 21.6. The van der Waals surface area contributed by atoms with Gasteiger partial charge < -0.3 is 9.67 Å². The molecular weight excluding hydrogens is 424 g/mol. The number of hydrogen-bond donors (Lipinski definition) is 1. The second-order valence-corrected chi connectivity index (χ2v) is 8.48. The lowest BCUT2D eigenvalue weighted by molar-refractivity contribution is 0.0697. The van der Waals surface area contributed by atoms with E-state index in [1.807, 2.05) is 55.1 Å². The standard InChI is InChI=1S/C28H26N4O2/c1-4-8-26-30-23-14-13-19(27-29-15-16-31(27)3)17-25(23)32(26)24-12-7-11-20(18(24)2)21-9-5-6-10-22(21)28(33)34/h5-7,9-17H,4,8H2,1-3H3,(H,33,34). The molecule has 6 nitrogen and oxygen atoms in total. The average Bonchev–Trinajstić information content (AvgIpc) is 3.42. The molecule has 0 aliphatic heterocycles. The molecule has 2 heterocycles. The number of carboxylic acid groups (broad SMARTS) is 1. The Bertz CT molecular complexity index is 1530. The topological polar surface area (TPSA) is 72.9 Å². The van der Waals surface area contributed by atoms with Gasteiger partial charge in [-0.15, -0.1) is 0 Å². The number of imidazole rings is 2. The lowest BCUT2D eigenvalue weighted by Gasteiger charge is -2.17. The Morgan fingerprint density at radius 2 is 1.82 bits per heavy atom. The molecule has 6 heteroatoms. The van der Waals surface area contributed by atoms with Crippen LogP contribution in [-0.4, -0.2) is 30.2 Å². The van der Waals surface area contributed by atoms with Crippen molar-refractivity contribution < 1.29 is 9.90 Å². The van der Waals surface area contributed by atoms with Gasteiger partial charge in [0, 0.05) is 31.4 Å². The Labute approximate surface area is 198 Å². The summed E-state index contributed by atoms with van der Waals surface area (Å²) in [7, 11) is 1.99. The van der Waals surface area contributed by atoms with Crippen molar-refractivity contribution in [2.45, 2.75) is 26.7 Å². The molecule has 5 aromatic rings. The number of fused-ring (bicyclic) bond motifs is 1. The van der Waals surface area contributed by atoms with Crippen LogP contribution in [0.4, 0.5) is 0 Å². The lowest BCUT2D eigenvalue weighted by atomic mass is 9.95. The van der Waals surface area contributed by atoms with Crippen molar-refractivity contribution in [1.29, 1.82) is 0 Å². The second kappa shape index (κ2) is 8.63. The number of carboxylic acids is 1. The molecule has 0 atom stereocenters. The SMILES string of the molecule is CCCc1nc2ccc(-c3nccn3C)cc2n1-c1cccc(-c2ccccc2C(=O)O)c1C. The first-order valence-electron chi connectivity index (χ1n) is 11.4. The summed E-state index contributed by atoms with van der Waals surface area (Å²) in [5, 5.41) is 9.75. The maximum Gasteiger partial charge on any atom is 0.336 e. The van der Waals surface area contributed by atoms with Crippen molar-refractivity contribution in [2.75, 3.05) is 0 Å². The van der Waals surface area contributed by atoms with Gasteiger partial charge in [-0.05, 0) is 60.4 Å². The van der Waals surface area contributed by atoms with Crippen LogP contribution in [0.1, 0.15) is 35.1 Å². The van der Waals surface area contributed by atoms with Crippen LogP contribution in [0.2, 0.25) is 0 Å². The van der Waals surface area contributed by atoms with Gasteiger partial charge in [0.1, 0.15) is 11.6 Å². The number of nitrogens with zero attached hydrogens (tertiary/aromatic N) is 4. The van der Waals surface area contributed by atoms with Crippen molar-refractivity contribution >= 4 is 17.0 Å². The van der Waals surface area contributed by atoms with E-state index in [-0.39, 0.29) is 0 Å². The van der Waals surface area contributed by atoms with Gasteiger partial charge in [-0.25, -0.2) is 14.8 Å². The van der Waals surface area contributed by atoms with Gasteiger partial charge in [-0.3, -0.25) is 4.57 Å². The molecule has 0 unspecified atom stereocenters. The van der Waals surface area contributed by atoms with Gasteiger partial charge in [0.15, 0.2) is 0 Å². The number of hydrogen-bond acceptors (Lipinski definition) is 3. The zero-order valence-corrected chi connectivity index (χ0v) is 19.5. The zero-order chi connectivity index (χ0) is 23.8. The largest absolute Gasteiger partial charge is 0.478 e. The van der Waals surface area contributed by atoms with Crippen LogP contribution in [0.5, 0.6) is 0 Å². The Kier molecular flexibility index (Phi) is 5.49. The quantitative estimate of drug-likeness (QED) is 0.342. The van der Waals surface area contributed by atoms with Crippen LogP contribution < -0.4 is 0 Å². The predicted molar refractivity (Wildman–Crippen MR) is 134 cm³/mol. The van der Waals surface area contributed by atoms with Crippen LogP contribution in [0.25, 0.3) is 39.2 Å². The predicted octanol–water partition coefficient (Wildman–Crippen LogP) is 6.05. The molecule has 0 bridgehead atoms. The fourth-order valence-electron chi connectivity index (χ4n) is 4.63. The van der Waals surface area contributed by atoms with Gasteiger partial charge in [0.2, 0.25) is 0 Å². The van der Waals surface area contributed by atoms with Crippen LogP contribution in [-0.2, 0) is 13.5 Å². The molecule has 0 radical (unpaired) electrons. The number of benzene rings is 3.